The van der Waals surface area contributed by atoms with Gasteiger partial charge in [-0.25, -0.2) is 4.79 Å². The summed E-state index contributed by atoms with van der Waals surface area (Å²) >= 11 is 0. The second-order valence-corrected chi connectivity index (χ2v) is 9.74. The second-order valence-electron chi connectivity index (χ2n) is 9.74. The molecule has 5 rings (SSSR count). The molecule has 2 fully saturated rings. The van der Waals surface area contributed by atoms with Crippen molar-refractivity contribution in [2.45, 2.75) is 44.1 Å². The number of likely N-dealkylation sites (tertiary alicyclic amines) is 1. The van der Waals surface area contributed by atoms with E-state index in [2.05, 4.69) is 29.6 Å². The summed E-state index contributed by atoms with van der Waals surface area (Å²) in [5, 5.41) is 11.7. The third-order valence-corrected chi connectivity index (χ3v) is 7.24. The van der Waals surface area contributed by atoms with Crippen molar-refractivity contribution in [1.82, 2.24) is 10.2 Å². The summed E-state index contributed by atoms with van der Waals surface area (Å²) in [5.74, 6) is -0.246. The van der Waals surface area contributed by atoms with Crippen molar-refractivity contribution in [3.8, 4) is 11.1 Å². The van der Waals surface area contributed by atoms with Crippen LogP contribution in [0.2, 0.25) is 0 Å². The molecule has 0 aromatic heterocycles. The van der Waals surface area contributed by atoms with Crippen molar-refractivity contribution in [3.63, 3.8) is 0 Å². The smallest absolute Gasteiger partial charge is 0.407 e. The van der Waals surface area contributed by atoms with Gasteiger partial charge in [0.05, 0.1) is 0 Å². The molecule has 3 aliphatic rings. The van der Waals surface area contributed by atoms with Gasteiger partial charge in [-0.05, 0) is 46.9 Å². The van der Waals surface area contributed by atoms with E-state index in [4.69, 9.17) is 9.84 Å². The highest BCUT2D eigenvalue weighted by atomic mass is 16.5. The number of nitrogens with zero attached hydrogens (tertiary/aromatic N) is 1. The van der Waals surface area contributed by atoms with E-state index in [0.717, 1.165) is 24.0 Å². The molecule has 1 saturated carbocycles. The monoisotopic (exact) mass is 462 g/mol. The van der Waals surface area contributed by atoms with Gasteiger partial charge in [-0.2, -0.15) is 0 Å². The molecule has 1 saturated heterocycles. The normalized spacial score (nSPS) is 17.9. The maximum atomic E-state index is 13.0. The number of aliphatic carboxylic acids is 1. The third-order valence-electron chi connectivity index (χ3n) is 7.24. The minimum atomic E-state index is -0.812. The van der Waals surface area contributed by atoms with Crippen molar-refractivity contribution >= 4 is 18.0 Å². The summed E-state index contributed by atoms with van der Waals surface area (Å²) in [7, 11) is 0. The molecule has 0 radical (unpaired) electrons. The van der Waals surface area contributed by atoms with E-state index >= 15 is 0 Å². The summed E-state index contributed by atoms with van der Waals surface area (Å²) in [5.41, 5.74) is 4.64. The van der Waals surface area contributed by atoms with Crippen LogP contribution in [0.5, 0.6) is 0 Å². The lowest BCUT2D eigenvalue weighted by molar-refractivity contribution is -0.141. The highest BCUT2D eigenvalue weighted by molar-refractivity contribution is 5.86. The van der Waals surface area contributed by atoms with Gasteiger partial charge in [0.1, 0.15) is 12.6 Å². The predicted molar refractivity (Wildman–Crippen MR) is 126 cm³/mol. The third kappa shape index (κ3) is 4.79. The Morgan fingerprint density at radius 2 is 1.59 bits per heavy atom. The van der Waals surface area contributed by atoms with Crippen LogP contribution in [0.4, 0.5) is 4.79 Å². The Morgan fingerprint density at radius 1 is 0.971 bits per heavy atom. The van der Waals surface area contributed by atoms with Gasteiger partial charge < -0.3 is 20.1 Å². The number of rotatable bonds is 9. The molecule has 1 atom stereocenters. The summed E-state index contributed by atoms with van der Waals surface area (Å²) in [6, 6.07) is 15.8. The number of carboxylic acid groups (broad SMARTS) is 1. The molecule has 2 aliphatic carbocycles. The average molecular weight is 463 g/mol. The van der Waals surface area contributed by atoms with Crippen molar-refractivity contribution in [1.29, 1.82) is 0 Å². The van der Waals surface area contributed by atoms with Crippen LogP contribution in [0.15, 0.2) is 48.5 Å². The van der Waals surface area contributed by atoms with Crippen LogP contribution in [0.3, 0.4) is 0 Å². The first kappa shape index (κ1) is 22.4. The number of carboxylic acids is 1. The van der Waals surface area contributed by atoms with Crippen molar-refractivity contribution in [2.75, 3.05) is 19.7 Å². The van der Waals surface area contributed by atoms with E-state index in [-0.39, 0.29) is 30.8 Å². The van der Waals surface area contributed by atoms with E-state index in [9.17, 15) is 14.4 Å². The molecule has 178 valence electrons. The number of benzene rings is 2. The van der Waals surface area contributed by atoms with Crippen molar-refractivity contribution in [3.05, 3.63) is 59.7 Å². The highest BCUT2D eigenvalue weighted by Gasteiger charge is 2.38. The van der Waals surface area contributed by atoms with E-state index in [1.807, 2.05) is 24.3 Å². The number of hydrogen-bond donors (Lipinski definition) is 2. The quantitative estimate of drug-likeness (QED) is 0.587. The molecular weight excluding hydrogens is 432 g/mol. The fourth-order valence-electron chi connectivity index (χ4n) is 5.17. The Kier molecular flexibility index (Phi) is 6.26. The Bertz CT molecular complexity index is 1040. The lowest BCUT2D eigenvalue weighted by Gasteiger charge is -2.41. The van der Waals surface area contributed by atoms with Crippen LogP contribution in [-0.2, 0) is 14.3 Å². The molecule has 0 bridgehead atoms. The minimum Gasteiger partial charge on any atom is -0.481 e. The fraction of sp³-hybridized carbons (Fsp3) is 0.444. The molecule has 1 aliphatic heterocycles. The Morgan fingerprint density at radius 3 is 2.18 bits per heavy atom. The first-order chi connectivity index (χ1) is 16.5. The number of amides is 2. The van der Waals surface area contributed by atoms with Crippen LogP contribution < -0.4 is 5.32 Å². The van der Waals surface area contributed by atoms with E-state index in [1.54, 1.807) is 4.90 Å². The molecule has 34 heavy (non-hydrogen) atoms. The average Bonchev–Trinajstić information content (AvgIpc) is 3.56. The topological polar surface area (TPSA) is 95.9 Å². The zero-order valence-electron chi connectivity index (χ0n) is 19.1. The van der Waals surface area contributed by atoms with Crippen molar-refractivity contribution < 1.29 is 24.2 Å². The van der Waals surface area contributed by atoms with Gasteiger partial charge in [0.25, 0.3) is 0 Å². The molecule has 1 unspecified atom stereocenters. The van der Waals surface area contributed by atoms with Gasteiger partial charge >= 0.3 is 12.1 Å². The zero-order valence-corrected chi connectivity index (χ0v) is 19.1. The largest absolute Gasteiger partial charge is 0.481 e. The second kappa shape index (κ2) is 9.49. The first-order valence-electron chi connectivity index (χ1n) is 12.1. The molecule has 7 nitrogen and oxygen atoms in total. The first-order valence-corrected chi connectivity index (χ1v) is 12.1. The fourth-order valence-corrected chi connectivity index (χ4v) is 5.17. The van der Waals surface area contributed by atoms with E-state index in [1.165, 1.54) is 11.1 Å². The number of nitrogens with one attached hydrogen (secondary N) is 1. The van der Waals surface area contributed by atoms with Gasteiger partial charge in [-0.1, -0.05) is 61.4 Å². The van der Waals surface area contributed by atoms with Crippen molar-refractivity contribution in [2.24, 2.45) is 11.8 Å². The van der Waals surface area contributed by atoms with Crippen LogP contribution in [0.1, 0.15) is 49.1 Å². The molecule has 2 aromatic carbocycles. The Hall–Kier alpha value is -3.35. The van der Waals surface area contributed by atoms with Crippen LogP contribution in [0.25, 0.3) is 11.1 Å². The summed E-state index contributed by atoms with van der Waals surface area (Å²) in [6.07, 6.45) is 2.92. The maximum absolute atomic E-state index is 13.0. The highest BCUT2D eigenvalue weighted by Crippen LogP contribution is 2.44. The number of fused-ring (bicyclic) bond motifs is 3. The number of hydrogen-bond acceptors (Lipinski definition) is 4. The number of ether oxygens (including phenoxy) is 1. The lowest BCUT2D eigenvalue weighted by Crippen LogP contribution is -2.57. The predicted octanol–water partition coefficient (Wildman–Crippen LogP) is 4.02. The van der Waals surface area contributed by atoms with E-state index < -0.39 is 18.1 Å². The summed E-state index contributed by atoms with van der Waals surface area (Å²) < 4.78 is 5.65. The number of alkyl carbamates (subject to hydrolysis) is 1. The van der Waals surface area contributed by atoms with Gasteiger partial charge in [-0.15, -0.1) is 0 Å². The molecular formula is C27H30N2O5. The minimum absolute atomic E-state index is 0.0268. The van der Waals surface area contributed by atoms with Gasteiger partial charge in [0.15, 0.2) is 0 Å². The number of carbonyl (C=O) groups is 3. The summed E-state index contributed by atoms with van der Waals surface area (Å²) in [6.45, 7) is 1.32. The maximum Gasteiger partial charge on any atom is 0.407 e. The molecule has 2 amide bonds. The zero-order chi connectivity index (χ0) is 23.7. The molecule has 1 heterocycles. The molecule has 0 spiro atoms. The number of carbonyl (C=O) groups excluding carboxylic acids is 2. The van der Waals surface area contributed by atoms with Gasteiger partial charge in [0, 0.05) is 25.4 Å². The lowest BCUT2D eigenvalue weighted by atomic mass is 9.93. The molecule has 2 N–H and O–H groups in total. The standard InChI is InChI=1S/C27H30N2O5/c30-25(31)12-11-18-14-29(15-18)26(32)24(13-17-9-10-17)28-27(33)34-16-23-21-7-3-1-5-19(21)20-6-2-4-8-22(20)23/h1-8,17-18,23-24H,9-16H2,(H,28,33)(H,30,31). The Labute approximate surface area is 199 Å². The van der Waals surface area contributed by atoms with Crippen LogP contribution in [0, 0.1) is 11.8 Å². The van der Waals surface area contributed by atoms with Gasteiger partial charge in [0.2, 0.25) is 5.91 Å². The van der Waals surface area contributed by atoms with E-state index in [0.29, 0.717) is 31.8 Å². The Balaban J connectivity index is 1.18. The molecule has 7 heteroatoms. The van der Waals surface area contributed by atoms with Gasteiger partial charge in [-0.3, -0.25) is 9.59 Å². The molecule has 2 aromatic rings. The van der Waals surface area contributed by atoms with Crippen LogP contribution in [-0.4, -0.2) is 53.7 Å². The SMILES string of the molecule is O=C(O)CCC1CN(C(=O)C(CC2CC2)NC(=O)OCC2c3ccccc3-c3ccccc32)C1. The van der Waals surface area contributed by atoms with Crippen LogP contribution >= 0.6 is 0 Å². The summed E-state index contributed by atoms with van der Waals surface area (Å²) in [4.78, 5) is 38.3.